The molecule has 63 heavy (non-hydrogen) atoms. The second-order valence-corrected chi connectivity index (χ2v) is 17.7. The summed E-state index contributed by atoms with van der Waals surface area (Å²) in [5.41, 5.74) is 21.8. The lowest BCUT2D eigenvalue weighted by Gasteiger charge is -2.38. The van der Waals surface area contributed by atoms with E-state index in [9.17, 15) is 0 Å². The normalized spacial score (nSPS) is 13.2. The number of aryl methyl sites for hydroxylation is 1. The van der Waals surface area contributed by atoms with Crippen LogP contribution in [0.4, 0.5) is 28.4 Å². The van der Waals surface area contributed by atoms with Crippen molar-refractivity contribution in [1.29, 1.82) is 0 Å². The Kier molecular flexibility index (Phi) is 8.56. The van der Waals surface area contributed by atoms with Crippen LogP contribution in [0.5, 0.6) is 0 Å². The first-order valence-electron chi connectivity index (χ1n) is 22.0. The standard InChI is InChI=1S/C60H44BN2/c1-38-34-43(40-18-8-5-9-19-40)29-33-55(38)63-56-37-53-50(48-24-14-15-25-52(48)60(53,2)3)36-54(56)61-57-51(35-44-21-11-13-23-47(44)59(57)63)49-32-28-42-20-10-12-22-46(42)58(49)62-45-30-26-41(27-31-45)39-16-6-4-7-17-39/h4-37,62H,1-3H3. The smallest absolute Gasteiger partial charge is 0.197 e. The van der Waals surface area contributed by atoms with Gasteiger partial charge in [0.2, 0.25) is 0 Å². The van der Waals surface area contributed by atoms with Gasteiger partial charge in [-0.2, -0.15) is 0 Å². The molecule has 12 rings (SSSR count). The van der Waals surface area contributed by atoms with Crippen LogP contribution in [0.2, 0.25) is 0 Å². The maximum Gasteiger partial charge on any atom is 0.197 e. The molecule has 10 aromatic rings. The number of benzene rings is 10. The van der Waals surface area contributed by atoms with Crippen LogP contribution in [0.25, 0.3) is 66.1 Å². The third-order valence-electron chi connectivity index (χ3n) is 13.6. The van der Waals surface area contributed by atoms with Crippen LogP contribution < -0.4 is 21.1 Å². The minimum absolute atomic E-state index is 0.145. The van der Waals surface area contributed by atoms with Gasteiger partial charge in [0, 0.05) is 44.5 Å². The molecule has 0 aromatic heterocycles. The van der Waals surface area contributed by atoms with Gasteiger partial charge in [-0.25, -0.2) is 0 Å². The van der Waals surface area contributed by atoms with E-state index >= 15 is 0 Å². The summed E-state index contributed by atoms with van der Waals surface area (Å²) in [6, 6.07) is 75.8. The summed E-state index contributed by atoms with van der Waals surface area (Å²) in [6.07, 6.45) is 0. The molecular weight excluding hydrogens is 759 g/mol. The van der Waals surface area contributed by atoms with Gasteiger partial charge in [-0.3, -0.25) is 0 Å². The van der Waals surface area contributed by atoms with Crippen molar-refractivity contribution in [3.05, 3.63) is 223 Å². The highest BCUT2D eigenvalue weighted by molar-refractivity contribution is 6.74. The summed E-state index contributed by atoms with van der Waals surface area (Å²) in [5.74, 6) is 0. The molecule has 10 aromatic carbocycles. The van der Waals surface area contributed by atoms with E-state index in [0.717, 1.165) is 16.9 Å². The molecule has 0 saturated carbocycles. The van der Waals surface area contributed by atoms with E-state index in [1.54, 1.807) is 0 Å². The first kappa shape index (κ1) is 37.2. The number of hydrogen-bond acceptors (Lipinski definition) is 2. The number of rotatable bonds is 6. The lowest BCUT2D eigenvalue weighted by molar-refractivity contribution is 0.660. The van der Waals surface area contributed by atoms with Crippen molar-refractivity contribution in [2.24, 2.45) is 0 Å². The molecule has 1 heterocycles. The lowest BCUT2D eigenvalue weighted by atomic mass is 9.57. The maximum atomic E-state index is 3.97. The Morgan fingerprint density at radius 2 is 1.08 bits per heavy atom. The van der Waals surface area contributed by atoms with Crippen LogP contribution in [0.15, 0.2) is 206 Å². The summed E-state index contributed by atoms with van der Waals surface area (Å²) in [7, 11) is 2.47. The second kappa shape index (κ2) is 14.5. The Balaban J connectivity index is 1.11. The highest BCUT2D eigenvalue weighted by Gasteiger charge is 2.39. The first-order valence-corrected chi connectivity index (χ1v) is 22.0. The van der Waals surface area contributed by atoms with Crippen LogP contribution in [-0.2, 0) is 5.41 Å². The SMILES string of the molecule is Cc1cc(-c2ccccc2)ccc1N1c2cc3c(cc2[B]c2c(-c4ccc5ccccc5c4Nc4ccc(-c5ccccc5)cc4)cc4ccccc4c21)-c1ccccc1C3(C)C. The largest absolute Gasteiger partial charge is 0.355 e. The first-order chi connectivity index (χ1) is 30.9. The molecule has 1 radical (unpaired) electrons. The Labute approximate surface area is 370 Å². The molecule has 297 valence electrons. The van der Waals surface area contributed by atoms with E-state index in [1.807, 2.05) is 0 Å². The highest BCUT2D eigenvalue weighted by Crippen LogP contribution is 2.52. The number of nitrogens with zero attached hydrogens (tertiary/aromatic N) is 1. The fourth-order valence-corrected chi connectivity index (χ4v) is 10.4. The van der Waals surface area contributed by atoms with E-state index in [-0.39, 0.29) is 5.41 Å². The van der Waals surface area contributed by atoms with Gasteiger partial charge in [-0.1, -0.05) is 189 Å². The highest BCUT2D eigenvalue weighted by atomic mass is 15.2. The lowest BCUT2D eigenvalue weighted by Crippen LogP contribution is -2.41. The predicted octanol–water partition coefficient (Wildman–Crippen LogP) is 14.8. The molecule has 2 nitrogen and oxygen atoms in total. The zero-order valence-corrected chi connectivity index (χ0v) is 35.7. The number of fused-ring (bicyclic) bond motifs is 8. The summed E-state index contributed by atoms with van der Waals surface area (Å²) < 4.78 is 0. The van der Waals surface area contributed by atoms with Crippen molar-refractivity contribution in [3.63, 3.8) is 0 Å². The van der Waals surface area contributed by atoms with Gasteiger partial charge in [0.05, 0.1) is 5.69 Å². The van der Waals surface area contributed by atoms with Crippen molar-refractivity contribution < 1.29 is 0 Å². The van der Waals surface area contributed by atoms with E-state index in [4.69, 9.17) is 0 Å². The maximum absolute atomic E-state index is 3.97. The molecule has 0 saturated heterocycles. The molecule has 0 bridgehead atoms. The minimum atomic E-state index is -0.145. The van der Waals surface area contributed by atoms with Gasteiger partial charge < -0.3 is 10.2 Å². The van der Waals surface area contributed by atoms with Gasteiger partial charge in [0.15, 0.2) is 7.28 Å². The third kappa shape index (κ3) is 6.03. The van der Waals surface area contributed by atoms with E-state index in [1.165, 1.54) is 105 Å². The number of anilines is 5. The minimum Gasteiger partial charge on any atom is -0.355 e. The van der Waals surface area contributed by atoms with Crippen LogP contribution in [0, 0.1) is 6.92 Å². The zero-order valence-electron chi connectivity index (χ0n) is 35.7. The van der Waals surface area contributed by atoms with Crippen molar-refractivity contribution in [2.75, 3.05) is 10.2 Å². The van der Waals surface area contributed by atoms with E-state index < -0.39 is 0 Å². The van der Waals surface area contributed by atoms with Gasteiger partial charge in [0.25, 0.3) is 0 Å². The Bertz CT molecular complexity index is 3420. The molecule has 3 heteroatoms. The van der Waals surface area contributed by atoms with Crippen molar-refractivity contribution in [3.8, 4) is 44.5 Å². The monoisotopic (exact) mass is 803 g/mol. The zero-order chi connectivity index (χ0) is 42.2. The van der Waals surface area contributed by atoms with Crippen LogP contribution in [0.1, 0.15) is 30.5 Å². The Morgan fingerprint density at radius 1 is 0.444 bits per heavy atom. The summed E-state index contributed by atoms with van der Waals surface area (Å²) in [5, 5.41) is 8.77. The van der Waals surface area contributed by atoms with Gasteiger partial charge in [-0.05, 0) is 115 Å². The number of nitrogens with one attached hydrogen (secondary N) is 1. The molecule has 0 unspecified atom stereocenters. The van der Waals surface area contributed by atoms with Gasteiger partial charge >= 0.3 is 0 Å². The fraction of sp³-hybridized carbons (Fsp3) is 0.0667. The Hall–Kier alpha value is -7.62. The molecule has 1 aliphatic heterocycles. The molecule has 1 N–H and O–H groups in total. The average molecular weight is 804 g/mol. The summed E-state index contributed by atoms with van der Waals surface area (Å²) in [6.45, 7) is 7.03. The van der Waals surface area contributed by atoms with Crippen molar-refractivity contribution in [2.45, 2.75) is 26.2 Å². The van der Waals surface area contributed by atoms with Gasteiger partial charge in [-0.15, -0.1) is 0 Å². The number of hydrogen-bond donors (Lipinski definition) is 1. The molecular formula is C60H44BN2. The molecule has 0 fully saturated rings. The van der Waals surface area contributed by atoms with Crippen molar-refractivity contribution >= 4 is 68.2 Å². The quantitative estimate of drug-likeness (QED) is 0.168. The molecule has 0 atom stereocenters. The summed E-state index contributed by atoms with van der Waals surface area (Å²) in [4.78, 5) is 2.58. The molecule has 0 amide bonds. The average Bonchev–Trinajstić information content (AvgIpc) is 3.55. The van der Waals surface area contributed by atoms with Gasteiger partial charge in [0.1, 0.15) is 0 Å². The fourth-order valence-electron chi connectivity index (χ4n) is 10.4. The predicted molar refractivity (Wildman–Crippen MR) is 269 cm³/mol. The second-order valence-electron chi connectivity index (χ2n) is 17.7. The molecule has 2 aliphatic rings. The van der Waals surface area contributed by atoms with Crippen LogP contribution >= 0.6 is 0 Å². The Morgan fingerprint density at radius 3 is 1.84 bits per heavy atom. The molecule has 0 spiro atoms. The molecule has 1 aliphatic carbocycles. The van der Waals surface area contributed by atoms with E-state index in [2.05, 4.69) is 245 Å². The third-order valence-corrected chi connectivity index (χ3v) is 13.6. The topological polar surface area (TPSA) is 15.3 Å². The van der Waals surface area contributed by atoms with Crippen LogP contribution in [-0.4, -0.2) is 7.28 Å². The van der Waals surface area contributed by atoms with Crippen molar-refractivity contribution in [1.82, 2.24) is 0 Å². The van der Waals surface area contributed by atoms with E-state index in [0.29, 0.717) is 0 Å². The summed E-state index contributed by atoms with van der Waals surface area (Å²) >= 11 is 0. The van der Waals surface area contributed by atoms with Crippen LogP contribution in [0.3, 0.4) is 0 Å².